The summed E-state index contributed by atoms with van der Waals surface area (Å²) in [5, 5.41) is 23.4. The van der Waals surface area contributed by atoms with Crippen LogP contribution in [0.5, 0.6) is 0 Å². The molecule has 0 bridgehead atoms. The van der Waals surface area contributed by atoms with Crippen LogP contribution in [0.3, 0.4) is 0 Å². The van der Waals surface area contributed by atoms with Crippen molar-refractivity contribution >= 4 is 5.82 Å². The molecule has 1 aliphatic heterocycles. The molecule has 1 saturated carbocycles. The van der Waals surface area contributed by atoms with Crippen molar-refractivity contribution in [1.82, 2.24) is 9.88 Å². The first-order chi connectivity index (χ1) is 11.4. The van der Waals surface area contributed by atoms with Gasteiger partial charge in [-0.3, -0.25) is 4.90 Å². The normalized spacial score (nSPS) is 32.8. The number of aliphatic hydroxyl groups excluding tert-OH is 1. The van der Waals surface area contributed by atoms with Gasteiger partial charge in [0, 0.05) is 24.2 Å². The summed E-state index contributed by atoms with van der Waals surface area (Å²) in [5.41, 5.74) is 1.69. The van der Waals surface area contributed by atoms with Gasteiger partial charge >= 0.3 is 0 Å². The number of nitrogens with one attached hydrogen (secondary N) is 1. The quantitative estimate of drug-likeness (QED) is 0.889. The van der Waals surface area contributed by atoms with Gasteiger partial charge in [-0.1, -0.05) is 20.8 Å². The second-order valence-corrected chi connectivity index (χ2v) is 7.80. The van der Waals surface area contributed by atoms with Crippen LogP contribution in [0.1, 0.15) is 44.7 Å². The van der Waals surface area contributed by atoms with Gasteiger partial charge in [0.2, 0.25) is 0 Å². The Labute approximate surface area is 144 Å². The van der Waals surface area contributed by atoms with E-state index < -0.39 is 0 Å². The standard InChI is InChI=1S/C19H28N4O/c1-5-23-11-19(17(23)12(2)3)8-15(16(24)9-19)22-18-14(10-20)13(4)6-7-21-18/h6-7,12,15-17,24H,5,8-9,11H2,1-4H3,(H,21,22)/t15-,16-,17?,19?/m1/s1. The van der Waals surface area contributed by atoms with E-state index in [1.54, 1.807) is 6.20 Å². The van der Waals surface area contributed by atoms with Crippen molar-refractivity contribution in [1.29, 1.82) is 5.26 Å². The molecular formula is C19H28N4O. The Bertz CT molecular complexity index is 653. The van der Waals surface area contributed by atoms with Gasteiger partial charge in [-0.15, -0.1) is 0 Å². The van der Waals surface area contributed by atoms with Crippen molar-refractivity contribution in [3.05, 3.63) is 23.4 Å². The fourth-order valence-corrected chi connectivity index (χ4v) is 5.03. The van der Waals surface area contributed by atoms with E-state index >= 15 is 0 Å². The van der Waals surface area contributed by atoms with E-state index in [-0.39, 0.29) is 17.6 Å². The summed E-state index contributed by atoms with van der Waals surface area (Å²) in [6, 6.07) is 4.57. The molecule has 0 amide bonds. The zero-order chi connectivity index (χ0) is 17.5. The maximum absolute atomic E-state index is 10.7. The fraction of sp³-hybridized carbons (Fsp3) is 0.684. The molecule has 2 N–H and O–H groups in total. The minimum Gasteiger partial charge on any atom is -0.391 e. The summed E-state index contributed by atoms with van der Waals surface area (Å²) in [4.78, 5) is 6.85. The molecule has 2 heterocycles. The smallest absolute Gasteiger partial charge is 0.144 e. The molecule has 1 saturated heterocycles. The Morgan fingerprint density at radius 1 is 1.50 bits per heavy atom. The molecule has 1 aromatic heterocycles. The summed E-state index contributed by atoms with van der Waals surface area (Å²) in [6.07, 6.45) is 3.10. The SMILES string of the molecule is CCN1CC2(C[C@@H](O)[C@H](Nc3nccc(C)c3C#N)C2)C1C(C)C. The summed E-state index contributed by atoms with van der Waals surface area (Å²) < 4.78 is 0. The Hall–Kier alpha value is -1.64. The third-order valence-electron chi connectivity index (χ3n) is 5.88. The van der Waals surface area contributed by atoms with Crippen molar-refractivity contribution < 1.29 is 5.11 Å². The van der Waals surface area contributed by atoms with Gasteiger partial charge in [-0.25, -0.2) is 4.98 Å². The highest BCUT2D eigenvalue weighted by Crippen LogP contribution is 2.53. The van der Waals surface area contributed by atoms with Crippen LogP contribution in [-0.4, -0.2) is 46.3 Å². The van der Waals surface area contributed by atoms with Crippen LogP contribution in [0.15, 0.2) is 12.3 Å². The van der Waals surface area contributed by atoms with Crippen molar-refractivity contribution in [3.8, 4) is 6.07 Å². The van der Waals surface area contributed by atoms with Crippen LogP contribution in [0, 0.1) is 29.6 Å². The predicted molar refractivity (Wildman–Crippen MR) is 94.6 cm³/mol. The molecule has 1 aliphatic carbocycles. The minimum absolute atomic E-state index is 0.0355. The van der Waals surface area contributed by atoms with Gasteiger partial charge in [-0.2, -0.15) is 5.26 Å². The molecule has 130 valence electrons. The van der Waals surface area contributed by atoms with E-state index in [2.05, 4.69) is 42.0 Å². The summed E-state index contributed by atoms with van der Waals surface area (Å²) in [6.45, 7) is 10.8. The number of aromatic nitrogens is 1. The van der Waals surface area contributed by atoms with Crippen LogP contribution in [0.2, 0.25) is 0 Å². The number of hydrogen-bond donors (Lipinski definition) is 2. The molecule has 1 aromatic rings. The molecule has 0 aromatic carbocycles. The number of hydrogen-bond acceptors (Lipinski definition) is 5. The summed E-state index contributed by atoms with van der Waals surface area (Å²) in [7, 11) is 0. The zero-order valence-electron chi connectivity index (χ0n) is 15.1. The molecule has 1 spiro atoms. The number of nitrogens with zero attached hydrogens (tertiary/aromatic N) is 3. The first-order valence-electron chi connectivity index (χ1n) is 8.96. The van der Waals surface area contributed by atoms with Crippen LogP contribution in [0.4, 0.5) is 5.82 Å². The maximum atomic E-state index is 10.7. The Kier molecular flexibility index (Phi) is 4.54. The van der Waals surface area contributed by atoms with Gasteiger partial charge in [0.15, 0.2) is 0 Å². The van der Waals surface area contributed by atoms with Crippen molar-refractivity contribution in [2.75, 3.05) is 18.4 Å². The molecule has 5 nitrogen and oxygen atoms in total. The third kappa shape index (κ3) is 2.68. The molecule has 2 fully saturated rings. The second kappa shape index (κ2) is 6.34. The predicted octanol–water partition coefficient (Wildman–Crippen LogP) is 2.54. The van der Waals surface area contributed by atoms with Crippen molar-refractivity contribution in [2.24, 2.45) is 11.3 Å². The minimum atomic E-state index is -0.390. The zero-order valence-corrected chi connectivity index (χ0v) is 15.1. The number of aryl methyl sites for hydroxylation is 1. The van der Waals surface area contributed by atoms with Gasteiger partial charge < -0.3 is 10.4 Å². The summed E-state index contributed by atoms with van der Waals surface area (Å²) >= 11 is 0. The third-order valence-corrected chi connectivity index (χ3v) is 5.88. The largest absolute Gasteiger partial charge is 0.391 e. The first kappa shape index (κ1) is 17.2. The lowest BCUT2D eigenvalue weighted by Crippen LogP contribution is -2.65. The van der Waals surface area contributed by atoms with E-state index in [4.69, 9.17) is 0 Å². The number of anilines is 1. The lowest BCUT2D eigenvalue weighted by Gasteiger charge is -2.58. The van der Waals surface area contributed by atoms with E-state index in [1.807, 2.05) is 13.0 Å². The number of nitriles is 1. The van der Waals surface area contributed by atoms with Crippen LogP contribution in [-0.2, 0) is 0 Å². The molecule has 2 unspecified atom stereocenters. The van der Waals surface area contributed by atoms with Gasteiger partial charge in [0.1, 0.15) is 11.9 Å². The van der Waals surface area contributed by atoms with E-state index in [0.29, 0.717) is 23.3 Å². The molecule has 3 rings (SSSR count). The van der Waals surface area contributed by atoms with Crippen LogP contribution >= 0.6 is 0 Å². The molecule has 4 atom stereocenters. The summed E-state index contributed by atoms with van der Waals surface area (Å²) in [5.74, 6) is 1.18. The van der Waals surface area contributed by atoms with Crippen molar-refractivity contribution in [3.63, 3.8) is 0 Å². The number of pyridine rings is 1. The molecule has 5 heteroatoms. The highest BCUT2D eigenvalue weighted by Gasteiger charge is 2.58. The Morgan fingerprint density at radius 3 is 2.88 bits per heavy atom. The van der Waals surface area contributed by atoms with Crippen molar-refractivity contribution in [2.45, 2.75) is 58.7 Å². The Morgan fingerprint density at radius 2 is 2.25 bits per heavy atom. The first-order valence-corrected chi connectivity index (χ1v) is 8.96. The average molecular weight is 328 g/mol. The fourth-order valence-electron chi connectivity index (χ4n) is 5.03. The van der Waals surface area contributed by atoms with Crippen LogP contribution < -0.4 is 5.32 Å². The number of rotatable bonds is 4. The van der Waals surface area contributed by atoms with E-state index in [9.17, 15) is 10.4 Å². The maximum Gasteiger partial charge on any atom is 0.144 e. The van der Waals surface area contributed by atoms with Crippen LogP contribution in [0.25, 0.3) is 0 Å². The topological polar surface area (TPSA) is 72.2 Å². The Balaban J connectivity index is 1.78. The monoisotopic (exact) mass is 328 g/mol. The molecule has 0 radical (unpaired) electrons. The highest BCUT2D eigenvalue weighted by atomic mass is 16.3. The van der Waals surface area contributed by atoms with Gasteiger partial charge in [0.25, 0.3) is 0 Å². The lowest BCUT2D eigenvalue weighted by molar-refractivity contribution is -0.0961. The average Bonchev–Trinajstić information content (AvgIpc) is 2.83. The van der Waals surface area contributed by atoms with E-state index in [1.165, 1.54) is 0 Å². The highest BCUT2D eigenvalue weighted by molar-refractivity contribution is 5.56. The molecule has 2 aliphatic rings. The van der Waals surface area contributed by atoms with Gasteiger partial charge in [0.05, 0.1) is 17.7 Å². The number of aliphatic hydroxyl groups is 1. The second-order valence-electron chi connectivity index (χ2n) is 7.80. The lowest BCUT2D eigenvalue weighted by atomic mass is 9.65. The number of likely N-dealkylation sites (tertiary alicyclic amines) is 1. The molecule has 24 heavy (non-hydrogen) atoms. The van der Waals surface area contributed by atoms with Gasteiger partial charge in [-0.05, 0) is 43.9 Å². The van der Waals surface area contributed by atoms with E-state index in [0.717, 1.165) is 31.5 Å². The molecular weight excluding hydrogens is 300 g/mol.